The number of hydrogen-bond donors (Lipinski definition) is 0. The number of carbonyl (C=O) groups is 1. The zero-order valence-electron chi connectivity index (χ0n) is 10.9. The number of alkyl halides is 2. The molecule has 3 nitrogen and oxygen atoms in total. The van der Waals surface area contributed by atoms with Crippen LogP contribution in [0.2, 0.25) is 0 Å². The summed E-state index contributed by atoms with van der Waals surface area (Å²) in [7, 11) is 0. The van der Waals surface area contributed by atoms with Crippen molar-refractivity contribution in [3.05, 3.63) is 42.0 Å². The van der Waals surface area contributed by atoms with Crippen molar-refractivity contribution in [2.75, 3.05) is 6.61 Å². The van der Waals surface area contributed by atoms with Crippen LogP contribution in [0.5, 0.6) is 5.75 Å². The van der Waals surface area contributed by atoms with E-state index in [9.17, 15) is 13.6 Å². The van der Waals surface area contributed by atoms with Crippen LogP contribution in [-0.2, 0) is 4.74 Å². The third kappa shape index (κ3) is 4.33. The summed E-state index contributed by atoms with van der Waals surface area (Å²) in [5.41, 5.74) is 0.217. The minimum Gasteiger partial charge on any atom is -0.462 e. The van der Waals surface area contributed by atoms with Crippen molar-refractivity contribution in [1.82, 2.24) is 0 Å². The van der Waals surface area contributed by atoms with Crippen molar-refractivity contribution in [3.8, 4) is 5.75 Å². The molecule has 1 aliphatic carbocycles. The van der Waals surface area contributed by atoms with Crippen LogP contribution in [0.15, 0.2) is 36.4 Å². The highest BCUT2D eigenvalue weighted by Crippen LogP contribution is 2.20. The van der Waals surface area contributed by atoms with Gasteiger partial charge in [0.15, 0.2) is 0 Å². The van der Waals surface area contributed by atoms with Gasteiger partial charge in [0.05, 0.1) is 12.2 Å². The lowest BCUT2D eigenvalue weighted by Gasteiger charge is -2.17. The molecule has 0 spiro atoms. The molecule has 0 saturated carbocycles. The first-order valence-corrected chi connectivity index (χ1v) is 6.52. The Balaban J connectivity index is 1.89. The average molecular weight is 282 g/mol. The molecule has 5 heteroatoms. The van der Waals surface area contributed by atoms with Gasteiger partial charge in [-0.05, 0) is 43.4 Å². The Hall–Kier alpha value is -1.91. The van der Waals surface area contributed by atoms with Gasteiger partial charge in [-0.3, -0.25) is 0 Å². The van der Waals surface area contributed by atoms with Crippen LogP contribution in [0.3, 0.4) is 0 Å². The van der Waals surface area contributed by atoms with E-state index in [-0.39, 0.29) is 11.3 Å². The molecule has 0 radical (unpaired) electrons. The van der Waals surface area contributed by atoms with E-state index in [0.717, 1.165) is 19.3 Å². The van der Waals surface area contributed by atoms with Gasteiger partial charge in [-0.15, -0.1) is 0 Å². The summed E-state index contributed by atoms with van der Waals surface area (Å²) < 4.78 is 33.7. The molecule has 1 aromatic carbocycles. The third-order valence-electron chi connectivity index (χ3n) is 3.12. The Morgan fingerprint density at radius 2 is 2.20 bits per heavy atom. The molecule has 0 amide bonds. The van der Waals surface area contributed by atoms with Crippen molar-refractivity contribution in [1.29, 1.82) is 0 Å². The molecule has 1 atom stereocenters. The van der Waals surface area contributed by atoms with Gasteiger partial charge in [0.1, 0.15) is 5.75 Å². The van der Waals surface area contributed by atoms with E-state index in [1.54, 1.807) is 0 Å². The molecular weight excluding hydrogens is 266 g/mol. The predicted molar refractivity (Wildman–Crippen MR) is 69.8 cm³/mol. The molecule has 0 bridgehead atoms. The summed E-state index contributed by atoms with van der Waals surface area (Å²) in [6.07, 6.45) is 7.10. The number of hydrogen-bond acceptors (Lipinski definition) is 3. The van der Waals surface area contributed by atoms with Gasteiger partial charge >= 0.3 is 12.6 Å². The van der Waals surface area contributed by atoms with Crippen molar-refractivity contribution in [3.63, 3.8) is 0 Å². The first kappa shape index (κ1) is 14.5. The molecule has 0 N–H and O–H groups in total. The normalized spacial score (nSPS) is 18.1. The minimum atomic E-state index is -2.91. The Labute approximate surface area is 116 Å². The van der Waals surface area contributed by atoms with Gasteiger partial charge in [-0.25, -0.2) is 4.79 Å². The first-order valence-electron chi connectivity index (χ1n) is 6.52. The number of benzene rings is 1. The topological polar surface area (TPSA) is 35.5 Å². The van der Waals surface area contributed by atoms with Crippen molar-refractivity contribution in [2.45, 2.75) is 25.9 Å². The Morgan fingerprint density at radius 1 is 1.35 bits per heavy atom. The van der Waals surface area contributed by atoms with Crippen molar-refractivity contribution < 1.29 is 23.0 Å². The van der Waals surface area contributed by atoms with E-state index in [1.807, 2.05) is 0 Å². The van der Waals surface area contributed by atoms with Gasteiger partial charge in [-0.1, -0.05) is 18.2 Å². The lowest BCUT2D eigenvalue weighted by molar-refractivity contribution is -0.0499. The predicted octanol–water partition coefficient (Wildman–Crippen LogP) is 3.80. The molecule has 2 rings (SSSR count). The monoisotopic (exact) mass is 282 g/mol. The van der Waals surface area contributed by atoms with E-state index < -0.39 is 12.6 Å². The van der Waals surface area contributed by atoms with E-state index in [0.29, 0.717) is 12.5 Å². The van der Waals surface area contributed by atoms with Crippen LogP contribution in [0.4, 0.5) is 8.78 Å². The third-order valence-corrected chi connectivity index (χ3v) is 3.12. The van der Waals surface area contributed by atoms with Crippen molar-refractivity contribution >= 4 is 5.97 Å². The Kier molecular flexibility index (Phi) is 5.09. The number of esters is 1. The number of rotatable bonds is 5. The fourth-order valence-corrected chi connectivity index (χ4v) is 2.08. The van der Waals surface area contributed by atoms with Gasteiger partial charge < -0.3 is 9.47 Å². The molecular formula is C15H16F2O3. The maximum absolute atomic E-state index is 12.1. The van der Waals surface area contributed by atoms with Crippen LogP contribution in [0.1, 0.15) is 29.6 Å². The molecule has 108 valence electrons. The summed E-state index contributed by atoms with van der Waals surface area (Å²) in [6, 6.07) is 5.63. The van der Waals surface area contributed by atoms with Gasteiger partial charge in [0.2, 0.25) is 0 Å². The molecule has 0 heterocycles. The minimum absolute atomic E-state index is 0.0463. The highest BCUT2D eigenvalue weighted by molar-refractivity contribution is 5.89. The molecule has 20 heavy (non-hydrogen) atoms. The first-order chi connectivity index (χ1) is 9.65. The molecule has 1 aromatic rings. The fraction of sp³-hybridized carbons (Fsp3) is 0.400. The van der Waals surface area contributed by atoms with Gasteiger partial charge in [-0.2, -0.15) is 8.78 Å². The maximum Gasteiger partial charge on any atom is 0.387 e. The van der Waals surface area contributed by atoms with Crippen LogP contribution >= 0.6 is 0 Å². The quantitative estimate of drug-likeness (QED) is 0.608. The molecule has 1 aliphatic rings. The number of ether oxygens (including phenoxy) is 2. The molecule has 0 fully saturated rings. The molecule has 0 aromatic heterocycles. The summed E-state index contributed by atoms with van der Waals surface area (Å²) in [5, 5.41) is 0. The number of allylic oxidation sites excluding steroid dienone is 2. The zero-order chi connectivity index (χ0) is 14.4. The average Bonchev–Trinajstić information content (AvgIpc) is 2.45. The van der Waals surface area contributed by atoms with Crippen LogP contribution < -0.4 is 4.74 Å². The van der Waals surface area contributed by atoms with Gasteiger partial charge in [0.25, 0.3) is 0 Å². The number of carbonyl (C=O) groups excluding carboxylic acids is 1. The van der Waals surface area contributed by atoms with E-state index >= 15 is 0 Å². The van der Waals surface area contributed by atoms with Crippen LogP contribution in [0, 0.1) is 5.92 Å². The van der Waals surface area contributed by atoms with Gasteiger partial charge in [0, 0.05) is 0 Å². The summed E-state index contributed by atoms with van der Waals surface area (Å²) in [6.45, 7) is -2.56. The largest absolute Gasteiger partial charge is 0.462 e. The second kappa shape index (κ2) is 7.03. The smallest absolute Gasteiger partial charge is 0.387 e. The SMILES string of the molecule is O=C(OCC1CC=CCC1)c1cccc(OC(F)F)c1. The maximum atomic E-state index is 12.1. The van der Waals surface area contributed by atoms with E-state index in [1.165, 1.54) is 24.3 Å². The standard InChI is InChI=1S/C15H16F2O3/c16-15(17)20-13-8-4-7-12(9-13)14(18)19-10-11-5-2-1-3-6-11/h1-2,4,7-9,11,15H,3,5-6,10H2. The Morgan fingerprint density at radius 3 is 2.90 bits per heavy atom. The molecule has 1 unspecified atom stereocenters. The fourth-order valence-electron chi connectivity index (χ4n) is 2.08. The lowest BCUT2D eigenvalue weighted by atomic mass is 9.95. The van der Waals surface area contributed by atoms with E-state index in [2.05, 4.69) is 16.9 Å². The summed E-state index contributed by atoms with van der Waals surface area (Å²) in [4.78, 5) is 11.8. The summed E-state index contributed by atoms with van der Waals surface area (Å²) >= 11 is 0. The van der Waals surface area contributed by atoms with Crippen LogP contribution in [-0.4, -0.2) is 19.2 Å². The second-order valence-corrected chi connectivity index (χ2v) is 4.66. The Bertz CT molecular complexity index is 486. The zero-order valence-corrected chi connectivity index (χ0v) is 10.9. The van der Waals surface area contributed by atoms with Crippen molar-refractivity contribution in [2.24, 2.45) is 5.92 Å². The highest BCUT2D eigenvalue weighted by atomic mass is 19.3. The number of halogens is 2. The second-order valence-electron chi connectivity index (χ2n) is 4.66. The summed E-state index contributed by atoms with van der Waals surface area (Å²) in [5.74, 6) is -0.223. The highest BCUT2D eigenvalue weighted by Gasteiger charge is 2.15. The van der Waals surface area contributed by atoms with Crippen LogP contribution in [0.25, 0.3) is 0 Å². The van der Waals surface area contributed by atoms with E-state index in [4.69, 9.17) is 4.74 Å². The lowest BCUT2D eigenvalue weighted by Crippen LogP contribution is -2.15. The molecule has 0 aliphatic heterocycles. The molecule has 0 saturated heterocycles.